The van der Waals surface area contributed by atoms with E-state index >= 15 is 0 Å². The first kappa shape index (κ1) is 13.4. The Morgan fingerprint density at radius 2 is 1.85 bits per heavy atom. The summed E-state index contributed by atoms with van der Waals surface area (Å²) in [5.41, 5.74) is 3.02. The molecule has 0 N–H and O–H groups in total. The van der Waals surface area contributed by atoms with Crippen molar-refractivity contribution < 1.29 is 4.74 Å². The molecule has 2 heterocycles. The van der Waals surface area contributed by atoms with Crippen molar-refractivity contribution in [1.29, 1.82) is 0 Å². The smallest absolute Gasteiger partial charge is 0.168 e. The lowest BCUT2D eigenvalue weighted by molar-refractivity contribution is 0.242. The molecule has 0 spiro atoms. The maximum absolute atomic E-state index is 5.64. The Balaban J connectivity index is 1.94. The van der Waals surface area contributed by atoms with Crippen LogP contribution < -0.4 is 4.74 Å². The third-order valence-corrected chi connectivity index (χ3v) is 3.63. The van der Waals surface area contributed by atoms with Crippen molar-refractivity contribution in [3.05, 3.63) is 46.4 Å². The van der Waals surface area contributed by atoms with Gasteiger partial charge in [-0.15, -0.1) is 0 Å². The molecule has 0 saturated carbocycles. The van der Waals surface area contributed by atoms with Gasteiger partial charge in [-0.05, 0) is 54.1 Å². The highest BCUT2D eigenvalue weighted by atomic mass is 127. The van der Waals surface area contributed by atoms with Crippen LogP contribution in [-0.4, -0.2) is 20.7 Å². The van der Waals surface area contributed by atoms with E-state index in [1.807, 2.05) is 56.7 Å². The van der Waals surface area contributed by atoms with Crippen LogP contribution in [0.25, 0.3) is 16.8 Å². The standard InChI is InChI=1S/C15H14IN3O/c1-10(2)20-13-5-3-11(4-6-13)12-7-17-15-14(16)8-18-19(15)9-12/h3-10H,1-2H3. The molecule has 0 amide bonds. The van der Waals surface area contributed by atoms with Crippen molar-refractivity contribution >= 4 is 28.2 Å². The Morgan fingerprint density at radius 1 is 1.10 bits per heavy atom. The SMILES string of the molecule is CC(C)Oc1ccc(-c2cnc3c(I)cnn3c2)cc1. The second kappa shape index (κ2) is 5.40. The fraction of sp³-hybridized carbons (Fsp3) is 0.200. The minimum absolute atomic E-state index is 0.185. The molecule has 3 rings (SSSR count). The van der Waals surface area contributed by atoms with Gasteiger partial charge in [0.15, 0.2) is 5.65 Å². The summed E-state index contributed by atoms with van der Waals surface area (Å²) in [5.74, 6) is 0.881. The maximum Gasteiger partial charge on any atom is 0.168 e. The van der Waals surface area contributed by atoms with E-state index in [-0.39, 0.29) is 6.10 Å². The molecule has 0 radical (unpaired) electrons. The number of fused-ring (bicyclic) bond motifs is 1. The van der Waals surface area contributed by atoms with Crippen LogP contribution in [0.3, 0.4) is 0 Å². The Labute approximate surface area is 130 Å². The lowest BCUT2D eigenvalue weighted by Gasteiger charge is -2.10. The highest BCUT2D eigenvalue weighted by Crippen LogP contribution is 2.23. The molecule has 4 nitrogen and oxygen atoms in total. The maximum atomic E-state index is 5.64. The molecule has 20 heavy (non-hydrogen) atoms. The van der Waals surface area contributed by atoms with Crippen LogP contribution in [0, 0.1) is 3.57 Å². The summed E-state index contributed by atoms with van der Waals surface area (Å²) in [4.78, 5) is 4.45. The Hall–Kier alpha value is -1.63. The van der Waals surface area contributed by atoms with Gasteiger partial charge in [0.25, 0.3) is 0 Å². The average Bonchev–Trinajstić information content (AvgIpc) is 2.80. The van der Waals surface area contributed by atoms with E-state index in [1.54, 1.807) is 4.52 Å². The van der Waals surface area contributed by atoms with Gasteiger partial charge in [0.05, 0.1) is 15.9 Å². The molecule has 5 heteroatoms. The van der Waals surface area contributed by atoms with E-state index in [4.69, 9.17) is 4.74 Å². The largest absolute Gasteiger partial charge is 0.491 e. The van der Waals surface area contributed by atoms with Gasteiger partial charge in [0.2, 0.25) is 0 Å². The predicted octanol–water partition coefficient (Wildman–Crippen LogP) is 3.79. The van der Waals surface area contributed by atoms with Gasteiger partial charge in [0.1, 0.15) is 5.75 Å². The predicted molar refractivity (Wildman–Crippen MR) is 86.9 cm³/mol. The van der Waals surface area contributed by atoms with Crippen LogP contribution in [0.5, 0.6) is 5.75 Å². The fourth-order valence-corrected chi connectivity index (χ4v) is 2.50. The fourth-order valence-electron chi connectivity index (χ4n) is 1.99. The van der Waals surface area contributed by atoms with Gasteiger partial charge in [-0.2, -0.15) is 5.10 Å². The lowest BCUT2D eigenvalue weighted by atomic mass is 10.1. The quantitative estimate of drug-likeness (QED) is 0.651. The first-order valence-corrected chi connectivity index (χ1v) is 7.47. The molecule has 0 saturated heterocycles. The van der Waals surface area contributed by atoms with E-state index in [0.717, 1.165) is 26.1 Å². The van der Waals surface area contributed by atoms with E-state index in [1.165, 1.54) is 0 Å². The number of benzene rings is 1. The van der Waals surface area contributed by atoms with Crippen LogP contribution in [0.15, 0.2) is 42.9 Å². The van der Waals surface area contributed by atoms with Gasteiger partial charge in [-0.1, -0.05) is 12.1 Å². The van der Waals surface area contributed by atoms with Crippen molar-refractivity contribution in [2.45, 2.75) is 20.0 Å². The van der Waals surface area contributed by atoms with E-state index < -0.39 is 0 Å². The third-order valence-electron chi connectivity index (χ3n) is 2.87. The van der Waals surface area contributed by atoms with Crippen LogP contribution in [0.1, 0.15) is 13.8 Å². The molecule has 0 fully saturated rings. The topological polar surface area (TPSA) is 39.4 Å². The zero-order valence-corrected chi connectivity index (χ0v) is 13.4. The number of hydrogen-bond acceptors (Lipinski definition) is 3. The zero-order chi connectivity index (χ0) is 14.1. The lowest BCUT2D eigenvalue weighted by Crippen LogP contribution is -2.05. The van der Waals surface area contributed by atoms with Crippen LogP contribution in [-0.2, 0) is 0 Å². The summed E-state index contributed by atoms with van der Waals surface area (Å²) < 4.78 is 8.50. The van der Waals surface area contributed by atoms with Crippen molar-refractivity contribution in [2.75, 3.05) is 0 Å². The molecule has 0 aliphatic heterocycles. The summed E-state index contributed by atoms with van der Waals surface area (Å²) in [6.07, 6.45) is 5.86. The summed E-state index contributed by atoms with van der Waals surface area (Å²) in [7, 11) is 0. The minimum atomic E-state index is 0.185. The van der Waals surface area contributed by atoms with Gasteiger partial charge >= 0.3 is 0 Å². The van der Waals surface area contributed by atoms with Gasteiger partial charge in [0, 0.05) is 18.0 Å². The number of ether oxygens (including phenoxy) is 1. The van der Waals surface area contributed by atoms with Crippen LogP contribution >= 0.6 is 22.6 Å². The molecule has 0 aliphatic rings. The highest BCUT2D eigenvalue weighted by Gasteiger charge is 2.05. The molecule has 1 aromatic carbocycles. The molecular formula is C15H14IN3O. The Kier molecular flexibility index (Phi) is 3.60. The monoisotopic (exact) mass is 379 g/mol. The molecule has 0 bridgehead atoms. The molecule has 0 atom stereocenters. The number of rotatable bonds is 3. The number of aromatic nitrogens is 3. The summed E-state index contributed by atoms with van der Waals surface area (Å²) in [5, 5.41) is 4.28. The second-order valence-electron chi connectivity index (χ2n) is 4.79. The Morgan fingerprint density at radius 3 is 2.55 bits per heavy atom. The van der Waals surface area contributed by atoms with Crippen molar-refractivity contribution in [1.82, 2.24) is 14.6 Å². The third kappa shape index (κ3) is 2.63. The number of nitrogens with zero attached hydrogens (tertiary/aromatic N) is 3. The van der Waals surface area contributed by atoms with E-state index in [9.17, 15) is 0 Å². The number of halogens is 1. The summed E-state index contributed by atoms with van der Waals surface area (Å²) in [6.45, 7) is 4.04. The Bertz CT molecular complexity index is 734. The molecule has 2 aromatic heterocycles. The first-order valence-electron chi connectivity index (χ1n) is 6.39. The second-order valence-corrected chi connectivity index (χ2v) is 5.96. The van der Waals surface area contributed by atoms with Gasteiger partial charge < -0.3 is 4.74 Å². The van der Waals surface area contributed by atoms with Crippen molar-refractivity contribution in [3.8, 4) is 16.9 Å². The number of hydrogen-bond donors (Lipinski definition) is 0. The van der Waals surface area contributed by atoms with Crippen molar-refractivity contribution in [2.24, 2.45) is 0 Å². The first-order chi connectivity index (χ1) is 9.63. The molecular weight excluding hydrogens is 365 g/mol. The van der Waals surface area contributed by atoms with Crippen molar-refractivity contribution in [3.63, 3.8) is 0 Å². The van der Waals surface area contributed by atoms with Gasteiger partial charge in [-0.25, -0.2) is 9.50 Å². The molecule has 0 aliphatic carbocycles. The highest BCUT2D eigenvalue weighted by molar-refractivity contribution is 14.1. The molecule has 102 valence electrons. The van der Waals surface area contributed by atoms with E-state index in [0.29, 0.717) is 0 Å². The summed E-state index contributed by atoms with van der Waals surface area (Å²) in [6, 6.07) is 8.03. The van der Waals surface area contributed by atoms with E-state index in [2.05, 4.69) is 32.7 Å². The molecule has 3 aromatic rings. The normalized spacial score (nSPS) is 11.2. The minimum Gasteiger partial charge on any atom is -0.491 e. The van der Waals surface area contributed by atoms with Crippen LogP contribution in [0.2, 0.25) is 0 Å². The zero-order valence-electron chi connectivity index (χ0n) is 11.2. The van der Waals surface area contributed by atoms with Gasteiger partial charge in [-0.3, -0.25) is 0 Å². The average molecular weight is 379 g/mol. The summed E-state index contributed by atoms with van der Waals surface area (Å²) >= 11 is 2.23. The van der Waals surface area contributed by atoms with Crippen LogP contribution in [0.4, 0.5) is 0 Å². The molecule has 0 unspecified atom stereocenters.